The predicted molar refractivity (Wildman–Crippen MR) is 81.3 cm³/mol. The minimum absolute atomic E-state index is 0.110. The Kier molecular flexibility index (Phi) is 4.98. The summed E-state index contributed by atoms with van der Waals surface area (Å²) in [5.41, 5.74) is 6.82. The number of rotatable bonds is 6. The van der Waals surface area contributed by atoms with Crippen molar-refractivity contribution in [1.29, 1.82) is 0 Å². The monoisotopic (exact) mass is 292 g/mol. The Morgan fingerprint density at radius 1 is 1.14 bits per heavy atom. The molecule has 0 aliphatic carbocycles. The minimum Gasteiger partial charge on any atom is -0.494 e. The van der Waals surface area contributed by atoms with Crippen molar-refractivity contribution < 1.29 is 13.5 Å². The Morgan fingerprint density at radius 2 is 1.86 bits per heavy atom. The Morgan fingerprint density at radius 3 is 2.48 bits per heavy atom. The molecule has 2 aromatic carbocycles. The van der Waals surface area contributed by atoms with E-state index in [-0.39, 0.29) is 5.56 Å². The number of hydrogen-bond donors (Lipinski definition) is 2. The molecule has 2 rings (SSSR count). The van der Waals surface area contributed by atoms with Gasteiger partial charge in [0.2, 0.25) is 0 Å². The smallest absolute Gasteiger partial charge is 0.265 e. The van der Waals surface area contributed by atoms with Crippen LogP contribution in [0.2, 0.25) is 0 Å². The highest BCUT2D eigenvalue weighted by Crippen LogP contribution is 2.31. The van der Waals surface area contributed by atoms with Crippen LogP contribution in [0.5, 0.6) is 5.75 Å². The summed E-state index contributed by atoms with van der Waals surface area (Å²) in [6, 6.07) is 11.6. The molecule has 0 aliphatic heterocycles. The summed E-state index contributed by atoms with van der Waals surface area (Å²) in [4.78, 5) is 0. The summed E-state index contributed by atoms with van der Waals surface area (Å²) < 4.78 is 31.5. The summed E-state index contributed by atoms with van der Waals surface area (Å²) in [5.74, 6) is 0.758. The van der Waals surface area contributed by atoms with E-state index < -0.39 is 6.43 Å². The molecule has 0 bridgehead atoms. The van der Waals surface area contributed by atoms with Crippen LogP contribution in [0.25, 0.3) is 0 Å². The number of ether oxygens (including phenoxy) is 1. The summed E-state index contributed by atoms with van der Waals surface area (Å²) in [5, 5.41) is 2.97. The van der Waals surface area contributed by atoms with Crippen molar-refractivity contribution in [2.24, 2.45) is 0 Å². The Bertz CT molecular complexity index is 585. The predicted octanol–water partition coefficient (Wildman–Crippen LogP) is 4.74. The van der Waals surface area contributed by atoms with Crippen LogP contribution in [0, 0.1) is 0 Å². The molecule has 0 aromatic heterocycles. The largest absolute Gasteiger partial charge is 0.494 e. The number of nitrogens with two attached hydrogens (primary N) is 1. The van der Waals surface area contributed by atoms with E-state index in [1.165, 1.54) is 6.07 Å². The van der Waals surface area contributed by atoms with Crippen molar-refractivity contribution in [3.63, 3.8) is 0 Å². The van der Waals surface area contributed by atoms with Gasteiger partial charge in [-0.1, -0.05) is 6.92 Å². The molecular formula is C16H18F2N2O. The molecule has 0 saturated carbocycles. The first-order valence-electron chi connectivity index (χ1n) is 6.77. The van der Waals surface area contributed by atoms with Gasteiger partial charge in [0.05, 0.1) is 6.61 Å². The number of anilines is 3. The lowest BCUT2D eigenvalue weighted by Gasteiger charge is -2.13. The second-order valence-corrected chi connectivity index (χ2v) is 4.65. The maximum absolute atomic E-state index is 13.0. The molecule has 0 spiro atoms. The molecule has 0 unspecified atom stereocenters. The van der Waals surface area contributed by atoms with Crippen LogP contribution in [-0.2, 0) is 0 Å². The molecule has 3 N–H and O–H groups in total. The molecule has 0 fully saturated rings. The molecular weight excluding hydrogens is 274 g/mol. The molecule has 3 nitrogen and oxygen atoms in total. The van der Waals surface area contributed by atoms with Gasteiger partial charge in [0.25, 0.3) is 6.43 Å². The van der Waals surface area contributed by atoms with Gasteiger partial charge >= 0.3 is 0 Å². The van der Waals surface area contributed by atoms with Crippen LogP contribution >= 0.6 is 0 Å². The van der Waals surface area contributed by atoms with E-state index in [0.29, 0.717) is 23.7 Å². The zero-order valence-electron chi connectivity index (χ0n) is 11.8. The lowest BCUT2D eigenvalue weighted by atomic mass is 10.1. The van der Waals surface area contributed by atoms with E-state index in [0.717, 1.165) is 12.2 Å². The fraction of sp³-hybridized carbons (Fsp3) is 0.250. The highest BCUT2D eigenvalue weighted by Gasteiger charge is 2.13. The van der Waals surface area contributed by atoms with Crippen LogP contribution in [0.15, 0.2) is 42.5 Å². The van der Waals surface area contributed by atoms with Crippen molar-refractivity contribution in [2.75, 3.05) is 17.7 Å². The Labute approximate surface area is 122 Å². The lowest BCUT2D eigenvalue weighted by molar-refractivity contribution is 0.152. The number of alkyl halides is 2. The van der Waals surface area contributed by atoms with Crippen LogP contribution in [0.3, 0.4) is 0 Å². The standard InChI is InChI=1S/C16H18F2N2O/c1-2-9-21-13-6-4-12(5-7-13)20-15-8-3-11(19)10-14(15)16(17)18/h3-8,10,16,20H,2,9,19H2,1H3. The Hall–Kier alpha value is -2.30. The van der Waals surface area contributed by atoms with Gasteiger partial charge in [-0.2, -0.15) is 0 Å². The molecule has 0 atom stereocenters. The molecule has 5 heteroatoms. The van der Waals surface area contributed by atoms with E-state index >= 15 is 0 Å². The molecule has 0 saturated heterocycles. The average Bonchev–Trinajstić information content (AvgIpc) is 2.48. The molecule has 0 amide bonds. The summed E-state index contributed by atoms with van der Waals surface area (Å²) in [7, 11) is 0. The summed E-state index contributed by atoms with van der Waals surface area (Å²) in [6.07, 6.45) is -1.65. The summed E-state index contributed by atoms with van der Waals surface area (Å²) in [6.45, 7) is 2.68. The molecule has 0 heterocycles. The van der Waals surface area contributed by atoms with Crippen LogP contribution in [0.4, 0.5) is 25.8 Å². The van der Waals surface area contributed by atoms with Crippen LogP contribution in [-0.4, -0.2) is 6.61 Å². The van der Waals surface area contributed by atoms with Gasteiger partial charge in [-0.15, -0.1) is 0 Å². The average molecular weight is 292 g/mol. The third-order valence-corrected chi connectivity index (χ3v) is 2.92. The zero-order valence-corrected chi connectivity index (χ0v) is 11.8. The topological polar surface area (TPSA) is 47.3 Å². The number of nitrogens with one attached hydrogen (secondary N) is 1. The van der Waals surface area contributed by atoms with Gasteiger partial charge in [0.15, 0.2) is 0 Å². The quantitative estimate of drug-likeness (QED) is 0.756. The maximum atomic E-state index is 13.0. The lowest BCUT2D eigenvalue weighted by Crippen LogP contribution is -1.99. The first-order valence-corrected chi connectivity index (χ1v) is 6.77. The van der Waals surface area contributed by atoms with Gasteiger partial charge in [0, 0.05) is 22.6 Å². The number of benzene rings is 2. The maximum Gasteiger partial charge on any atom is 0.265 e. The first-order chi connectivity index (χ1) is 10.1. The molecule has 2 aromatic rings. The van der Waals surface area contributed by atoms with E-state index in [1.54, 1.807) is 36.4 Å². The second kappa shape index (κ2) is 6.92. The molecule has 0 radical (unpaired) electrons. The first kappa shape index (κ1) is 15.1. The van der Waals surface area contributed by atoms with Gasteiger partial charge in [-0.3, -0.25) is 0 Å². The highest BCUT2D eigenvalue weighted by atomic mass is 19.3. The normalized spacial score (nSPS) is 10.7. The van der Waals surface area contributed by atoms with Crippen molar-refractivity contribution >= 4 is 17.1 Å². The summed E-state index contributed by atoms with van der Waals surface area (Å²) >= 11 is 0. The van der Waals surface area contributed by atoms with E-state index in [9.17, 15) is 8.78 Å². The van der Waals surface area contributed by atoms with E-state index in [1.807, 2.05) is 6.92 Å². The fourth-order valence-electron chi connectivity index (χ4n) is 1.89. The second-order valence-electron chi connectivity index (χ2n) is 4.65. The van der Waals surface area contributed by atoms with Crippen molar-refractivity contribution in [3.8, 4) is 5.75 Å². The van der Waals surface area contributed by atoms with Crippen LogP contribution < -0.4 is 15.8 Å². The van der Waals surface area contributed by atoms with Gasteiger partial charge in [-0.05, 0) is 48.9 Å². The Balaban J connectivity index is 2.14. The highest BCUT2D eigenvalue weighted by molar-refractivity contribution is 5.66. The van der Waals surface area contributed by atoms with E-state index in [4.69, 9.17) is 10.5 Å². The SMILES string of the molecule is CCCOc1ccc(Nc2ccc(N)cc2C(F)F)cc1. The third-order valence-electron chi connectivity index (χ3n) is 2.92. The van der Waals surface area contributed by atoms with Crippen molar-refractivity contribution in [3.05, 3.63) is 48.0 Å². The van der Waals surface area contributed by atoms with E-state index in [2.05, 4.69) is 5.32 Å². The molecule has 112 valence electrons. The third kappa shape index (κ3) is 4.08. The number of hydrogen-bond acceptors (Lipinski definition) is 3. The van der Waals surface area contributed by atoms with Gasteiger partial charge < -0.3 is 15.8 Å². The molecule has 0 aliphatic rings. The van der Waals surface area contributed by atoms with Crippen molar-refractivity contribution in [1.82, 2.24) is 0 Å². The minimum atomic E-state index is -2.58. The molecule has 21 heavy (non-hydrogen) atoms. The number of nitrogen functional groups attached to an aromatic ring is 1. The van der Waals surface area contributed by atoms with Crippen LogP contribution in [0.1, 0.15) is 25.3 Å². The van der Waals surface area contributed by atoms with Crippen molar-refractivity contribution in [2.45, 2.75) is 19.8 Å². The zero-order chi connectivity index (χ0) is 15.2. The fourth-order valence-corrected chi connectivity index (χ4v) is 1.89. The number of halogens is 2. The van der Waals surface area contributed by atoms with Gasteiger partial charge in [-0.25, -0.2) is 8.78 Å². The van der Waals surface area contributed by atoms with Gasteiger partial charge in [0.1, 0.15) is 5.75 Å².